The third-order valence-electron chi connectivity index (χ3n) is 7.31. The van der Waals surface area contributed by atoms with Crippen LogP contribution in [0.5, 0.6) is 0 Å². The Kier molecular flexibility index (Phi) is 4.24. The summed E-state index contributed by atoms with van der Waals surface area (Å²) in [6.07, 6.45) is 6.38. The van der Waals surface area contributed by atoms with Gasteiger partial charge in [0.15, 0.2) is 6.54 Å². The van der Waals surface area contributed by atoms with Gasteiger partial charge >= 0.3 is 0 Å². The van der Waals surface area contributed by atoms with E-state index in [0.29, 0.717) is 23.5 Å². The summed E-state index contributed by atoms with van der Waals surface area (Å²) in [5.41, 5.74) is -0.271. The maximum atomic E-state index is 13.1. The molecule has 2 saturated carbocycles. The minimum Gasteiger partial charge on any atom is -0.312 e. The predicted octanol–water partition coefficient (Wildman–Crippen LogP) is 2.17. The van der Waals surface area contributed by atoms with Crippen LogP contribution in [0.3, 0.4) is 0 Å². The lowest BCUT2D eigenvalue weighted by molar-refractivity contribution is -0.890. The summed E-state index contributed by atoms with van der Waals surface area (Å²) in [5, 5.41) is 0. The van der Waals surface area contributed by atoms with Gasteiger partial charge in [-0.15, -0.1) is 0 Å². The van der Waals surface area contributed by atoms with Crippen LogP contribution in [0.15, 0.2) is 25.3 Å². The van der Waals surface area contributed by atoms with E-state index in [1.54, 1.807) is 12.2 Å². The van der Waals surface area contributed by atoms with Crippen molar-refractivity contribution in [2.45, 2.75) is 39.2 Å². The van der Waals surface area contributed by atoms with Crippen LogP contribution >= 0.6 is 0 Å². The molecule has 0 unspecified atom stereocenters. The van der Waals surface area contributed by atoms with E-state index in [1.807, 2.05) is 7.05 Å². The molecule has 1 aliphatic heterocycles. The number of hydrogen-bond acceptors (Lipinski definition) is 3. The van der Waals surface area contributed by atoms with Crippen molar-refractivity contribution in [2.24, 2.45) is 16.7 Å². The lowest BCUT2D eigenvalue weighted by Crippen LogP contribution is -2.54. The van der Waals surface area contributed by atoms with Crippen molar-refractivity contribution in [2.75, 3.05) is 32.4 Å². The third kappa shape index (κ3) is 2.52. The van der Waals surface area contributed by atoms with Crippen molar-refractivity contribution >= 4 is 15.9 Å². The van der Waals surface area contributed by atoms with E-state index in [0.717, 1.165) is 19.3 Å². The minimum absolute atomic E-state index is 0.0137. The molecule has 3 aliphatic rings. The first kappa shape index (κ1) is 18.6. The number of rotatable bonds is 6. The first-order valence-corrected chi connectivity index (χ1v) is 10.7. The summed E-state index contributed by atoms with van der Waals surface area (Å²) >= 11 is 0. The Morgan fingerprint density at radius 2 is 1.88 bits per heavy atom. The summed E-state index contributed by atoms with van der Waals surface area (Å²) in [5.74, 6) is 0.383. The van der Waals surface area contributed by atoms with E-state index in [4.69, 9.17) is 0 Å². The fourth-order valence-electron chi connectivity index (χ4n) is 5.84. The fourth-order valence-corrected chi connectivity index (χ4v) is 8.38. The number of carbonyl (C=O) groups is 1. The highest BCUT2D eigenvalue weighted by Crippen LogP contribution is 2.69. The highest BCUT2D eigenvalue weighted by atomic mass is 32.2. The van der Waals surface area contributed by atoms with Gasteiger partial charge in [0.1, 0.15) is 0 Å². The predicted molar refractivity (Wildman–Crippen MR) is 99.2 cm³/mol. The van der Waals surface area contributed by atoms with Gasteiger partial charge in [-0.2, -0.15) is 0 Å². The van der Waals surface area contributed by atoms with Crippen LogP contribution in [-0.4, -0.2) is 61.6 Å². The van der Waals surface area contributed by atoms with Gasteiger partial charge in [0, 0.05) is 5.41 Å². The Hall–Kier alpha value is -1.14. The molecular formula is C19H31N2O3S+. The first-order valence-electron chi connectivity index (χ1n) is 9.13. The van der Waals surface area contributed by atoms with Crippen LogP contribution in [0, 0.1) is 16.7 Å². The van der Waals surface area contributed by atoms with Crippen LogP contribution in [0.1, 0.15) is 33.1 Å². The van der Waals surface area contributed by atoms with Crippen LogP contribution in [-0.2, 0) is 14.8 Å². The van der Waals surface area contributed by atoms with Gasteiger partial charge < -0.3 is 4.48 Å². The molecule has 3 fully saturated rings. The van der Waals surface area contributed by atoms with Gasteiger partial charge in [0.2, 0.25) is 10.0 Å². The molecule has 25 heavy (non-hydrogen) atoms. The van der Waals surface area contributed by atoms with Gasteiger partial charge in [-0.3, -0.25) is 4.79 Å². The summed E-state index contributed by atoms with van der Waals surface area (Å²) in [7, 11) is -1.59. The highest BCUT2D eigenvalue weighted by molar-refractivity contribution is 7.90. The molecular weight excluding hydrogens is 336 g/mol. The number of sulfonamides is 1. The molecule has 1 heterocycles. The van der Waals surface area contributed by atoms with Gasteiger partial charge in [0.25, 0.3) is 5.91 Å². The SMILES string of the molecule is C=CC[N+](C)(CC=C)CC(=O)N1[C@H]2C[C@@H]3CC[C@@]2(CS1(=O)=O)C3(C)C. The maximum absolute atomic E-state index is 13.1. The average Bonchev–Trinajstić information content (AvgIpc) is 2.94. The number of fused-ring (bicyclic) bond motifs is 1. The van der Waals surface area contributed by atoms with Crippen LogP contribution in [0.4, 0.5) is 0 Å². The zero-order valence-corrected chi connectivity index (χ0v) is 16.5. The monoisotopic (exact) mass is 367 g/mol. The quantitative estimate of drug-likeness (QED) is 0.534. The Morgan fingerprint density at radius 1 is 1.28 bits per heavy atom. The summed E-state index contributed by atoms with van der Waals surface area (Å²) in [6.45, 7) is 13.3. The average molecular weight is 368 g/mol. The molecule has 0 radical (unpaired) electrons. The summed E-state index contributed by atoms with van der Waals surface area (Å²) < 4.78 is 27.6. The smallest absolute Gasteiger partial charge is 0.291 e. The third-order valence-corrected chi connectivity index (χ3v) is 9.25. The van der Waals surface area contributed by atoms with E-state index in [2.05, 4.69) is 27.0 Å². The van der Waals surface area contributed by atoms with Crippen LogP contribution < -0.4 is 0 Å². The van der Waals surface area contributed by atoms with Crippen molar-refractivity contribution in [3.05, 3.63) is 25.3 Å². The normalized spacial score (nSPS) is 34.8. The number of likely N-dealkylation sites (N-methyl/N-ethyl adjacent to an activating group) is 1. The van der Waals surface area contributed by atoms with Crippen LogP contribution in [0.2, 0.25) is 0 Å². The molecule has 2 aliphatic carbocycles. The zero-order valence-electron chi connectivity index (χ0n) is 15.7. The van der Waals surface area contributed by atoms with E-state index >= 15 is 0 Å². The first-order chi connectivity index (χ1) is 11.5. The molecule has 0 aromatic carbocycles. The van der Waals surface area contributed by atoms with Crippen LogP contribution in [0.25, 0.3) is 0 Å². The second-order valence-corrected chi connectivity index (χ2v) is 10.9. The van der Waals surface area contributed by atoms with Crippen molar-refractivity contribution < 1.29 is 17.7 Å². The van der Waals surface area contributed by atoms with Crippen molar-refractivity contribution in [1.29, 1.82) is 0 Å². The highest BCUT2D eigenvalue weighted by Gasteiger charge is 2.72. The van der Waals surface area contributed by atoms with Gasteiger partial charge in [0.05, 0.1) is 31.9 Å². The molecule has 3 rings (SSSR count). The second kappa shape index (κ2) is 5.68. The lowest BCUT2D eigenvalue weighted by atomic mass is 9.69. The van der Waals surface area contributed by atoms with E-state index in [9.17, 15) is 13.2 Å². The Morgan fingerprint density at radius 3 is 2.40 bits per heavy atom. The number of hydrogen-bond donors (Lipinski definition) is 0. The molecule has 140 valence electrons. The molecule has 0 N–H and O–H groups in total. The molecule has 5 nitrogen and oxygen atoms in total. The van der Waals surface area contributed by atoms with Crippen molar-refractivity contribution in [3.63, 3.8) is 0 Å². The number of nitrogens with zero attached hydrogens (tertiary/aromatic N) is 2. The standard InChI is InChI=1S/C19H31N2O3S/c1-6-10-21(5,11-7-2)13-17(22)20-16-12-15-8-9-19(16,18(15,3)4)14-25(20,23)24/h6-7,15-16H,1-2,8-14H2,3-5H3/q+1/t15-,16-,19-/m0/s1. The molecule has 2 bridgehead atoms. The van der Waals surface area contributed by atoms with Gasteiger partial charge in [-0.25, -0.2) is 12.7 Å². The second-order valence-electron chi connectivity index (χ2n) is 9.03. The molecule has 6 heteroatoms. The lowest BCUT2D eigenvalue weighted by Gasteiger charge is -2.38. The molecule has 1 spiro atoms. The topological polar surface area (TPSA) is 54.5 Å². The van der Waals surface area contributed by atoms with Crippen molar-refractivity contribution in [3.8, 4) is 0 Å². The number of carbonyl (C=O) groups excluding carboxylic acids is 1. The molecule has 0 aromatic heterocycles. The molecule has 0 aromatic rings. The van der Waals surface area contributed by atoms with E-state index in [-0.39, 0.29) is 35.1 Å². The maximum Gasteiger partial charge on any atom is 0.291 e. The Labute approximate surface area is 152 Å². The van der Waals surface area contributed by atoms with Gasteiger partial charge in [-0.1, -0.05) is 27.0 Å². The van der Waals surface area contributed by atoms with Gasteiger partial charge in [-0.05, 0) is 42.7 Å². The number of amides is 1. The van der Waals surface area contributed by atoms with Crippen molar-refractivity contribution in [1.82, 2.24) is 4.31 Å². The Bertz CT molecular complexity index is 702. The zero-order chi connectivity index (χ0) is 18.7. The largest absolute Gasteiger partial charge is 0.312 e. The molecule has 1 amide bonds. The minimum atomic E-state index is -3.54. The van der Waals surface area contributed by atoms with E-state index in [1.165, 1.54) is 4.31 Å². The summed E-state index contributed by atoms with van der Waals surface area (Å²) in [4.78, 5) is 13.1. The number of quaternary nitrogens is 1. The summed E-state index contributed by atoms with van der Waals surface area (Å²) in [6, 6.07) is -0.153. The Balaban J connectivity index is 1.91. The fraction of sp³-hybridized carbons (Fsp3) is 0.737. The van der Waals surface area contributed by atoms with E-state index < -0.39 is 10.0 Å². The molecule has 3 atom stereocenters. The molecule has 1 saturated heterocycles.